The van der Waals surface area contributed by atoms with Gasteiger partial charge in [0.25, 0.3) is 5.56 Å². The molecule has 3 N–H and O–H groups in total. The van der Waals surface area contributed by atoms with E-state index in [1.165, 1.54) is 10.8 Å². The number of aliphatic hydroxyl groups is 1. The van der Waals surface area contributed by atoms with E-state index in [1.807, 2.05) is 13.0 Å². The van der Waals surface area contributed by atoms with Gasteiger partial charge in [-0.05, 0) is 26.2 Å². The number of nitrogens with one attached hydrogen (secondary N) is 2. The van der Waals surface area contributed by atoms with Crippen LogP contribution >= 0.6 is 0 Å². The van der Waals surface area contributed by atoms with Crippen molar-refractivity contribution in [3.05, 3.63) is 32.6 Å². The Morgan fingerprint density at radius 2 is 2.06 bits per heavy atom. The van der Waals surface area contributed by atoms with Crippen molar-refractivity contribution < 1.29 is 24.1 Å². The van der Waals surface area contributed by atoms with E-state index in [0.29, 0.717) is 25.1 Å². The zero-order valence-corrected chi connectivity index (χ0v) is 18.5. The average Bonchev–Trinajstić information content (AvgIpc) is 3.08. The Morgan fingerprint density at radius 3 is 2.78 bits per heavy atom. The molecule has 2 heterocycles. The highest BCUT2D eigenvalue weighted by Gasteiger charge is 2.45. The van der Waals surface area contributed by atoms with Gasteiger partial charge in [0, 0.05) is 24.9 Å². The first-order valence-electron chi connectivity index (χ1n) is 10.9. The summed E-state index contributed by atoms with van der Waals surface area (Å²) in [6, 6.07) is 1.90. The Labute approximate surface area is 186 Å². The van der Waals surface area contributed by atoms with Crippen LogP contribution in [-0.2, 0) is 14.2 Å². The molecule has 1 aliphatic rings. The number of H-pyrrole nitrogens is 1. The standard InChI is InChI=1S/C21H32N4O7/c1-3-15-16(26)17(19(32-15)25-13-14(2)18(27)24-20(25)28)30-11-7-5-4-6-10-23-21(29)31-12-8-9-22/h13,15-17,19,26H,3-8,10-12H2,1-2H3,(H,23,29)(H,24,27,28)/t15-,16?,17?,19-/m1/s1. The molecule has 1 saturated heterocycles. The smallest absolute Gasteiger partial charge is 0.407 e. The molecule has 0 aliphatic carbocycles. The third-order valence-electron chi connectivity index (χ3n) is 5.23. The predicted molar refractivity (Wildman–Crippen MR) is 114 cm³/mol. The van der Waals surface area contributed by atoms with Crippen LogP contribution in [0.4, 0.5) is 4.79 Å². The van der Waals surface area contributed by atoms with Crippen molar-refractivity contribution in [3.8, 4) is 6.07 Å². The molecule has 1 aromatic heterocycles. The van der Waals surface area contributed by atoms with E-state index < -0.39 is 41.9 Å². The Balaban J connectivity index is 1.76. The Kier molecular flexibility index (Phi) is 10.4. The highest BCUT2D eigenvalue weighted by Crippen LogP contribution is 2.32. The number of nitriles is 1. The van der Waals surface area contributed by atoms with Gasteiger partial charge in [-0.25, -0.2) is 9.59 Å². The minimum atomic E-state index is -0.889. The summed E-state index contributed by atoms with van der Waals surface area (Å²) in [5.74, 6) is 0. The minimum absolute atomic E-state index is 0.0844. The molecule has 32 heavy (non-hydrogen) atoms. The third kappa shape index (κ3) is 7.19. The summed E-state index contributed by atoms with van der Waals surface area (Å²) in [7, 11) is 0. The van der Waals surface area contributed by atoms with Gasteiger partial charge in [0.2, 0.25) is 0 Å². The van der Waals surface area contributed by atoms with Gasteiger partial charge < -0.3 is 24.6 Å². The van der Waals surface area contributed by atoms with E-state index in [0.717, 1.165) is 25.7 Å². The second-order valence-electron chi connectivity index (χ2n) is 7.66. The molecule has 4 atom stereocenters. The molecular formula is C21H32N4O7. The normalized spacial score (nSPS) is 22.4. The van der Waals surface area contributed by atoms with Crippen molar-refractivity contribution in [2.45, 2.75) is 76.9 Å². The van der Waals surface area contributed by atoms with E-state index in [2.05, 4.69) is 10.3 Å². The number of alkyl carbamates (subject to hydrolysis) is 1. The van der Waals surface area contributed by atoms with Gasteiger partial charge in [0.15, 0.2) is 6.23 Å². The lowest BCUT2D eigenvalue weighted by Crippen LogP contribution is -2.39. The summed E-state index contributed by atoms with van der Waals surface area (Å²) in [6.45, 7) is 4.41. The number of amides is 1. The van der Waals surface area contributed by atoms with E-state index in [9.17, 15) is 19.5 Å². The maximum Gasteiger partial charge on any atom is 0.407 e. The molecule has 11 nitrogen and oxygen atoms in total. The molecule has 1 fully saturated rings. The van der Waals surface area contributed by atoms with E-state index in [4.69, 9.17) is 19.5 Å². The first-order chi connectivity index (χ1) is 15.4. The molecule has 0 aromatic carbocycles. The SMILES string of the molecule is CC[C@H]1O[C@@H](n2cc(C)c(=O)[nH]c2=O)C(OCCCCCCNC(=O)OCCC#N)C1O. The maximum absolute atomic E-state index is 12.3. The number of nitrogens with zero attached hydrogens (tertiary/aromatic N) is 2. The number of aryl methyl sites for hydroxylation is 1. The molecular weight excluding hydrogens is 420 g/mol. The van der Waals surface area contributed by atoms with Crippen molar-refractivity contribution in [1.29, 1.82) is 5.26 Å². The largest absolute Gasteiger partial charge is 0.448 e. The third-order valence-corrected chi connectivity index (χ3v) is 5.23. The number of hydrogen-bond donors (Lipinski definition) is 3. The molecule has 11 heteroatoms. The number of hydrogen-bond acceptors (Lipinski definition) is 8. The van der Waals surface area contributed by atoms with Crippen molar-refractivity contribution in [1.82, 2.24) is 14.9 Å². The molecule has 0 bridgehead atoms. The van der Waals surface area contributed by atoms with Gasteiger partial charge in [-0.15, -0.1) is 0 Å². The number of unbranched alkanes of at least 4 members (excludes halogenated alkanes) is 3. The first-order valence-corrected chi connectivity index (χ1v) is 10.9. The number of ether oxygens (including phenoxy) is 3. The first kappa shape index (κ1) is 25.6. The predicted octanol–water partition coefficient (Wildman–Crippen LogP) is 1.10. The number of aliphatic hydroxyl groups excluding tert-OH is 1. The molecule has 0 saturated carbocycles. The Bertz CT molecular complexity index is 891. The summed E-state index contributed by atoms with van der Waals surface area (Å²) < 4.78 is 17.8. The van der Waals surface area contributed by atoms with Crippen LogP contribution < -0.4 is 16.6 Å². The average molecular weight is 453 g/mol. The summed E-state index contributed by atoms with van der Waals surface area (Å²) in [6.07, 6.45) is 1.94. The fraction of sp³-hybridized carbons (Fsp3) is 0.714. The van der Waals surface area contributed by atoms with E-state index >= 15 is 0 Å². The molecule has 0 spiro atoms. The lowest BCUT2D eigenvalue weighted by atomic mass is 10.1. The molecule has 1 aliphatic heterocycles. The maximum atomic E-state index is 12.3. The Hall–Kier alpha value is -2.68. The van der Waals surface area contributed by atoms with Gasteiger partial charge >= 0.3 is 11.8 Å². The molecule has 1 aromatic rings. The van der Waals surface area contributed by atoms with Crippen LogP contribution in [-0.4, -0.2) is 58.8 Å². The summed E-state index contributed by atoms with van der Waals surface area (Å²) >= 11 is 0. The molecule has 0 radical (unpaired) electrons. The highest BCUT2D eigenvalue weighted by molar-refractivity contribution is 5.66. The Morgan fingerprint density at radius 1 is 1.31 bits per heavy atom. The van der Waals surface area contributed by atoms with Crippen molar-refractivity contribution in [2.24, 2.45) is 0 Å². The lowest BCUT2D eigenvalue weighted by molar-refractivity contribution is -0.0715. The zero-order chi connectivity index (χ0) is 23.5. The number of aromatic amines is 1. The fourth-order valence-corrected chi connectivity index (χ4v) is 3.47. The zero-order valence-electron chi connectivity index (χ0n) is 18.5. The van der Waals surface area contributed by atoms with Gasteiger partial charge in [-0.1, -0.05) is 19.8 Å². The van der Waals surface area contributed by atoms with Crippen molar-refractivity contribution in [2.75, 3.05) is 19.8 Å². The van der Waals surface area contributed by atoms with Gasteiger partial charge in [0.05, 0.1) is 18.6 Å². The molecule has 2 rings (SSSR count). The van der Waals surface area contributed by atoms with E-state index in [1.54, 1.807) is 6.92 Å². The van der Waals surface area contributed by atoms with Gasteiger partial charge in [-0.2, -0.15) is 5.26 Å². The summed E-state index contributed by atoms with van der Waals surface area (Å²) in [4.78, 5) is 37.5. The number of aromatic nitrogens is 2. The van der Waals surface area contributed by atoms with Crippen LogP contribution in [0.3, 0.4) is 0 Å². The minimum Gasteiger partial charge on any atom is -0.448 e. The van der Waals surface area contributed by atoms with Crippen LogP contribution in [0.2, 0.25) is 0 Å². The van der Waals surface area contributed by atoms with Crippen LogP contribution in [0.5, 0.6) is 0 Å². The van der Waals surface area contributed by atoms with Crippen LogP contribution in [0.1, 0.15) is 57.2 Å². The number of carbonyl (C=O) groups excluding carboxylic acids is 1. The fourth-order valence-electron chi connectivity index (χ4n) is 3.47. The van der Waals surface area contributed by atoms with Gasteiger partial charge in [-0.3, -0.25) is 14.3 Å². The van der Waals surface area contributed by atoms with Gasteiger partial charge in [0.1, 0.15) is 18.8 Å². The second-order valence-corrected chi connectivity index (χ2v) is 7.66. The topological polar surface area (TPSA) is 156 Å². The summed E-state index contributed by atoms with van der Waals surface area (Å²) in [5, 5.41) is 21.6. The highest BCUT2D eigenvalue weighted by atomic mass is 16.6. The van der Waals surface area contributed by atoms with Crippen LogP contribution in [0.15, 0.2) is 15.8 Å². The molecule has 178 valence electrons. The van der Waals surface area contributed by atoms with Crippen LogP contribution in [0, 0.1) is 18.3 Å². The van der Waals surface area contributed by atoms with Crippen LogP contribution in [0.25, 0.3) is 0 Å². The number of carbonyl (C=O) groups is 1. The monoisotopic (exact) mass is 452 g/mol. The van der Waals surface area contributed by atoms with E-state index in [-0.39, 0.29) is 13.0 Å². The second kappa shape index (κ2) is 13.0. The number of rotatable bonds is 12. The molecule has 2 unspecified atom stereocenters. The lowest BCUT2D eigenvalue weighted by Gasteiger charge is -2.22. The summed E-state index contributed by atoms with van der Waals surface area (Å²) in [5.41, 5.74) is -0.704. The molecule has 1 amide bonds. The van der Waals surface area contributed by atoms with Crippen molar-refractivity contribution >= 4 is 6.09 Å². The quantitative estimate of drug-likeness (QED) is 0.398. The van der Waals surface area contributed by atoms with Crippen molar-refractivity contribution in [3.63, 3.8) is 0 Å².